The topological polar surface area (TPSA) is 66.5 Å². The second kappa shape index (κ2) is 5.60. The fraction of sp³-hybridized carbons (Fsp3) is 0.250. The molecule has 86 valence electrons. The van der Waals surface area contributed by atoms with Crippen molar-refractivity contribution < 1.29 is 19.0 Å². The normalized spacial score (nSPS) is 12.1. The molecule has 0 heterocycles. The number of rotatable bonds is 2. The van der Waals surface area contributed by atoms with Crippen LogP contribution >= 0.6 is 28.3 Å². The number of phenolic OH excluding ortho intramolecular Hbond substituents is 1. The van der Waals surface area contributed by atoms with E-state index in [1.807, 2.05) is 0 Å². The Morgan fingerprint density at radius 3 is 2.40 bits per heavy atom. The van der Waals surface area contributed by atoms with E-state index >= 15 is 0 Å². The molecule has 0 aromatic heterocycles. The Morgan fingerprint density at radius 2 is 1.93 bits per heavy atom. The SMILES string of the molecule is Cl.N[C@H](CO)c1cc(Br)c(F)c(F)c1O. The summed E-state index contributed by atoms with van der Waals surface area (Å²) in [6, 6.07) is 0.190. The summed E-state index contributed by atoms with van der Waals surface area (Å²) in [4.78, 5) is 0. The van der Waals surface area contributed by atoms with Crippen LogP contribution < -0.4 is 5.73 Å². The molecule has 0 radical (unpaired) electrons. The molecule has 0 fully saturated rings. The smallest absolute Gasteiger partial charge is 0.201 e. The summed E-state index contributed by atoms with van der Waals surface area (Å²) in [7, 11) is 0. The standard InChI is InChI=1S/C8H8BrF2NO2.ClH/c9-4-1-3(5(12)2-13)8(14)7(11)6(4)10;/h1,5,13-14H,2,12H2;1H/t5-;/m1./s1. The van der Waals surface area contributed by atoms with Crippen molar-refractivity contribution in [3.05, 3.63) is 27.7 Å². The van der Waals surface area contributed by atoms with Crippen LogP contribution in [0.1, 0.15) is 11.6 Å². The van der Waals surface area contributed by atoms with E-state index in [0.29, 0.717) is 0 Å². The number of aromatic hydroxyl groups is 1. The fourth-order valence-electron chi connectivity index (χ4n) is 0.985. The Balaban J connectivity index is 0.00000196. The third-order valence-electron chi connectivity index (χ3n) is 1.76. The Bertz CT molecular complexity index is 365. The molecule has 15 heavy (non-hydrogen) atoms. The third-order valence-corrected chi connectivity index (χ3v) is 2.34. The van der Waals surface area contributed by atoms with E-state index in [1.165, 1.54) is 0 Å². The summed E-state index contributed by atoms with van der Waals surface area (Å²) < 4.78 is 25.7. The molecule has 0 saturated carbocycles. The van der Waals surface area contributed by atoms with E-state index in [-0.39, 0.29) is 22.4 Å². The van der Waals surface area contributed by atoms with Gasteiger partial charge in [0.1, 0.15) is 0 Å². The van der Waals surface area contributed by atoms with Crippen molar-refractivity contribution in [2.45, 2.75) is 6.04 Å². The molecule has 4 N–H and O–H groups in total. The average molecular weight is 305 g/mol. The molecule has 1 rings (SSSR count). The number of aliphatic hydroxyl groups excluding tert-OH is 1. The fourth-order valence-corrected chi connectivity index (χ4v) is 1.41. The average Bonchev–Trinajstić information content (AvgIpc) is 2.19. The lowest BCUT2D eigenvalue weighted by Crippen LogP contribution is -2.15. The molecule has 0 aliphatic carbocycles. The second-order valence-electron chi connectivity index (χ2n) is 2.71. The summed E-state index contributed by atoms with van der Waals surface area (Å²) >= 11 is 2.77. The van der Waals surface area contributed by atoms with Gasteiger partial charge in [-0.15, -0.1) is 12.4 Å². The van der Waals surface area contributed by atoms with Crippen molar-refractivity contribution in [3.8, 4) is 5.75 Å². The Morgan fingerprint density at radius 1 is 1.40 bits per heavy atom. The van der Waals surface area contributed by atoms with Crippen LogP contribution in [0.3, 0.4) is 0 Å². The molecule has 1 aromatic carbocycles. The monoisotopic (exact) mass is 303 g/mol. The maximum atomic E-state index is 13.0. The Hall–Kier alpha value is -0.430. The first-order chi connectivity index (χ1) is 6.49. The molecule has 7 heteroatoms. The molecule has 0 bridgehead atoms. The number of nitrogens with two attached hydrogens (primary N) is 1. The first-order valence-electron chi connectivity index (χ1n) is 3.71. The van der Waals surface area contributed by atoms with Crippen molar-refractivity contribution in [1.29, 1.82) is 0 Å². The minimum absolute atomic E-state index is 0. The zero-order valence-electron chi connectivity index (χ0n) is 7.38. The third kappa shape index (κ3) is 2.78. The van der Waals surface area contributed by atoms with Gasteiger partial charge in [-0.1, -0.05) is 0 Å². The van der Waals surface area contributed by atoms with Crippen LogP contribution in [0.5, 0.6) is 5.75 Å². The van der Waals surface area contributed by atoms with E-state index in [9.17, 15) is 13.9 Å². The van der Waals surface area contributed by atoms with E-state index in [1.54, 1.807) is 0 Å². The number of benzene rings is 1. The molecule has 0 aliphatic rings. The first kappa shape index (κ1) is 14.6. The lowest BCUT2D eigenvalue weighted by molar-refractivity contribution is 0.263. The van der Waals surface area contributed by atoms with Crippen molar-refractivity contribution in [2.75, 3.05) is 6.61 Å². The van der Waals surface area contributed by atoms with Crippen LogP contribution in [0.25, 0.3) is 0 Å². The molecular formula is C8H9BrClF2NO2. The van der Waals surface area contributed by atoms with Crippen molar-refractivity contribution >= 4 is 28.3 Å². The molecule has 0 unspecified atom stereocenters. The van der Waals surface area contributed by atoms with E-state index in [2.05, 4.69) is 15.9 Å². The zero-order chi connectivity index (χ0) is 10.9. The molecule has 0 amide bonds. The van der Waals surface area contributed by atoms with Gasteiger partial charge < -0.3 is 15.9 Å². The van der Waals surface area contributed by atoms with Gasteiger partial charge in [-0.25, -0.2) is 4.39 Å². The van der Waals surface area contributed by atoms with Crippen LogP contribution in [0, 0.1) is 11.6 Å². The summed E-state index contributed by atoms with van der Waals surface area (Å²) in [5, 5.41) is 17.9. The number of hydrogen-bond acceptors (Lipinski definition) is 3. The van der Waals surface area contributed by atoms with E-state index in [0.717, 1.165) is 6.07 Å². The number of halogens is 4. The highest BCUT2D eigenvalue weighted by Gasteiger charge is 2.19. The van der Waals surface area contributed by atoms with Gasteiger partial charge >= 0.3 is 0 Å². The lowest BCUT2D eigenvalue weighted by atomic mass is 10.1. The summed E-state index contributed by atoms with van der Waals surface area (Å²) in [6.45, 7) is -0.467. The maximum Gasteiger partial charge on any atom is 0.201 e. The highest BCUT2D eigenvalue weighted by Crippen LogP contribution is 2.32. The van der Waals surface area contributed by atoms with Gasteiger partial charge in [-0.05, 0) is 22.0 Å². The predicted molar refractivity (Wildman–Crippen MR) is 57.0 cm³/mol. The van der Waals surface area contributed by atoms with E-state index < -0.39 is 30.0 Å². The quantitative estimate of drug-likeness (QED) is 0.731. The van der Waals surface area contributed by atoms with Gasteiger partial charge in [-0.3, -0.25) is 0 Å². The second-order valence-corrected chi connectivity index (χ2v) is 3.57. The highest BCUT2D eigenvalue weighted by molar-refractivity contribution is 9.10. The molecule has 0 spiro atoms. The van der Waals surface area contributed by atoms with Gasteiger partial charge in [-0.2, -0.15) is 4.39 Å². The Labute approximate surface area is 99.4 Å². The molecular weight excluding hydrogens is 295 g/mol. The van der Waals surface area contributed by atoms with Crippen LogP contribution in [-0.4, -0.2) is 16.8 Å². The minimum atomic E-state index is -1.38. The molecule has 1 atom stereocenters. The van der Waals surface area contributed by atoms with Gasteiger partial charge in [0.2, 0.25) is 5.82 Å². The first-order valence-corrected chi connectivity index (χ1v) is 4.51. The van der Waals surface area contributed by atoms with E-state index in [4.69, 9.17) is 10.8 Å². The zero-order valence-corrected chi connectivity index (χ0v) is 9.78. The van der Waals surface area contributed by atoms with Crippen molar-refractivity contribution in [2.24, 2.45) is 5.73 Å². The number of aliphatic hydroxyl groups is 1. The molecule has 0 saturated heterocycles. The van der Waals surface area contributed by atoms with Crippen LogP contribution in [0.4, 0.5) is 8.78 Å². The number of phenols is 1. The van der Waals surface area contributed by atoms with Crippen molar-refractivity contribution in [3.63, 3.8) is 0 Å². The molecule has 1 aromatic rings. The van der Waals surface area contributed by atoms with Crippen LogP contribution in [0.2, 0.25) is 0 Å². The summed E-state index contributed by atoms with van der Waals surface area (Å²) in [6.07, 6.45) is 0. The molecule has 0 aliphatic heterocycles. The van der Waals surface area contributed by atoms with Crippen LogP contribution in [0.15, 0.2) is 10.5 Å². The highest BCUT2D eigenvalue weighted by atomic mass is 79.9. The number of hydrogen-bond donors (Lipinski definition) is 3. The lowest BCUT2D eigenvalue weighted by Gasteiger charge is -2.12. The van der Waals surface area contributed by atoms with Crippen molar-refractivity contribution in [1.82, 2.24) is 0 Å². The predicted octanol–water partition coefficient (Wildman–Crippen LogP) is 1.85. The summed E-state index contributed by atoms with van der Waals surface area (Å²) in [5.41, 5.74) is 5.32. The van der Waals surface area contributed by atoms with Crippen LogP contribution in [-0.2, 0) is 0 Å². The van der Waals surface area contributed by atoms with Gasteiger partial charge in [0.15, 0.2) is 11.6 Å². The molecule has 3 nitrogen and oxygen atoms in total. The minimum Gasteiger partial charge on any atom is -0.505 e. The van der Waals surface area contributed by atoms with Gasteiger partial charge in [0.25, 0.3) is 0 Å². The summed E-state index contributed by atoms with van der Waals surface area (Å²) in [5.74, 6) is -3.43. The largest absolute Gasteiger partial charge is 0.505 e. The van der Waals surface area contributed by atoms with Gasteiger partial charge in [0.05, 0.1) is 17.1 Å². The maximum absolute atomic E-state index is 13.0. The van der Waals surface area contributed by atoms with Gasteiger partial charge in [0, 0.05) is 5.56 Å². The Kier molecular flexibility index (Phi) is 5.44.